The molecule has 1 aliphatic heterocycles. The molecule has 2 aromatic carbocycles. The van der Waals surface area contributed by atoms with Crippen LogP contribution in [-0.2, 0) is 21.5 Å². The van der Waals surface area contributed by atoms with Crippen LogP contribution in [0.1, 0.15) is 38.8 Å². The molecule has 1 amide bonds. The monoisotopic (exact) mass is 396 g/mol. The first-order valence-corrected chi connectivity index (χ1v) is 10.3. The van der Waals surface area contributed by atoms with Gasteiger partial charge in [0.1, 0.15) is 5.75 Å². The molecule has 2 aromatic rings. The Bertz CT molecular complexity index is 823. The van der Waals surface area contributed by atoms with E-state index in [1.807, 2.05) is 36.4 Å². The standard InChI is InChI=1S/C24H32N2O3/c1-18(29-22-10-6-8-20(16-22)24(2,3)4)23(27)25-21-9-5-7-19(15-21)17-26-11-13-28-14-12-26/h5-10,15-16,18H,11-14,17H2,1-4H3,(H,25,27). The Labute approximate surface area is 174 Å². The third-order valence-corrected chi connectivity index (χ3v) is 5.09. The van der Waals surface area contributed by atoms with E-state index in [9.17, 15) is 4.79 Å². The van der Waals surface area contributed by atoms with Crippen LogP contribution in [0.4, 0.5) is 5.69 Å². The van der Waals surface area contributed by atoms with E-state index >= 15 is 0 Å². The molecule has 1 fully saturated rings. The maximum atomic E-state index is 12.6. The molecular formula is C24H32N2O3. The van der Waals surface area contributed by atoms with Crippen molar-refractivity contribution in [3.8, 4) is 5.75 Å². The molecule has 5 nitrogen and oxygen atoms in total. The van der Waals surface area contributed by atoms with E-state index < -0.39 is 6.10 Å². The number of carbonyl (C=O) groups excluding carboxylic acids is 1. The number of ether oxygens (including phenoxy) is 2. The zero-order chi connectivity index (χ0) is 20.9. The fourth-order valence-corrected chi connectivity index (χ4v) is 3.30. The average Bonchev–Trinajstić information content (AvgIpc) is 2.68. The van der Waals surface area contributed by atoms with E-state index in [0.717, 1.165) is 38.5 Å². The van der Waals surface area contributed by atoms with Gasteiger partial charge in [-0.1, -0.05) is 45.0 Å². The number of rotatable bonds is 6. The van der Waals surface area contributed by atoms with E-state index in [4.69, 9.17) is 9.47 Å². The zero-order valence-corrected chi connectivity index (χ0v) is 17.9. The molecule has 0 saturated carbocycles. The summed E-state index contributed by atoms with van der Waals surface area (Å²) in [5, 5.41) is 2.98. The molecule has 1 heterocycles. The molecule has 3 rings (SSSR count). The highest BCUT2D eigenvalue weighted by molar-refractivity contribution is 5.94. The normalized spacial score (nSPS) is 16.3. The van der Waals surface area contributed by atoms with Crippen molar-refractivity contribution < 1.29 is 14.3 Å². The summed E-state index contributed by atoms with van der Waals surface area (Å²) in [4.78, 5) is 15.0. The minimum absolute atomic E-state index is 0.0335. The van der Waals surface area contributed by atoms with Crippen LogP contribution in [0.3, 0.4) is 0 Å². The molecule has 1 aliphatic rings. The van der Waals surface area contributed by atoms with Gasteiger partial charge in [-0.3, -0.25) is 9.69 Å². The number of nitrogens with zero attached hydrogens (tertiary/aromatic N) is 1. The van der Waals surface area contributed by atoms with E-state index in [0.29, 0.717) is 5.75 Å². The molecule has 1 N–H and O–H groups in total. The number of nitrogens with one attached hydrogen (secondary N) is 1. The number of hydrogen-bond acceptors (Lipinski definition) is 4. The lowest BCUT2D eigenvalue weighted by Crippen LogP contribution is -2.35. The largest absolute Gasteiger partial charge is 0.481 e. The SMILES string of the molecule is CC(Oc1cccc(C(C)(C)C)c1)C(=O)Nc1cccc(CN2CCOCC2)c1. The Morgan fingerprint density at radius 1 is 1.14 bits per heavy atom. The summed E-state index contributed by atoms with van der Waals surface area (Å²) in [6.07, 6.45) is -0.590. The molecule has 1 atom stereocenters. The second kappa shape index (κ2) is 9.42. The van der Waals surface area contributed by atoms with Gasteiger partial charge in [0.2, 0.25) is 0 Å². The molecule has 5 heteroatoms. The topological polar surface area (TPSA) is 50.8 Å². The van der Waals surface area contributed by atoms with Crippen LogP contribution in [0.25, 0.3) is 0 Å². The summed E-state index contributed by atoms with van der Waals surface area (Å²) < 4.78 is 11.3. The van der Waals surface area contributed by atoms with E-state index in [1.54, 1.807) is 6.92 Å². The van der Waals surface area contributed by atoms with Gasteiger partial charge in [-0.25, -0.2) is 0 Å². The Kier molecular flexibility index (Phi) is 6.93. The smallest absolute Gasteiger partial charge is 0.265 e. The Balaban J connectivity index is 1.59. The van der Waals surface area contributed by atoms with Crippen molar-refractivity contribution in [1.29, 1.82) is 0 Å². The number of carbonyl (C=O) groups is 1. The first-order chi connectivity index (χ1) is 13.8. The second-order valence-electron chi connectivity index (χ2n) is 8.62. The quantitative estimate of drug-likeness (QED) is 0.794. The predicted molar refractivity (Wildman–Crippen MR) is 116 cm³/mol. The van der Waals surface area contributed by atoms with Gasteiger partial charge in [-0.05, 0) is 47.7 Å². The lowest BCUT2D eigenvalue weighted by atomic mass is 9.87. The van der Waals surface area contributed by atoms with Crippen LogP contribution in [-0.4, -0.2) is 43.2 Å². The van der Waals surface area contributed by atoms with Crippen LogP contribution < -0.4 is 10.1 Å². The third kappa shape index (κ3) is 6.31. The van der Waals surface area contributed by atoms with Gasteiger partial charge >= 0.3 is 0 Å². The molecule has 0 aliphatic carbocycles. The van der Waals surface area contributed by atoms with Crippen molar-refractivity contribution in [3.05, 3.63) is 59.7 Å². The fourth-order valence-electron chi connectivity index (χ4n) is 3.30. The van der Waals surface area contributed by atoms with E-state index in [2.05, 4.69) is 43.1 Å². The summed E-state index contributed by atoms with van der Waals surface area (Å²) in [7, 11) is 0. The molecule has 0 aromatic heterocycles. The van der Waals surface area contributed by atoms with Crippen LogP contribution in [0.2, 0.25) is 0 Å². The van der Waals surface area contributed by atoms with E-state index in [-0.39, 0.29) is 11.3 Å². The highest BCUT2D eigenvalue weighted by atomic mass is 16.5. The summed E-state index contributed by atoms with van der Waals surface area (Å²) >= 11 is 0. The van der Waals surface area contributed by atoms with Crippen molar-refractivity contribution in [3.63, 3.8) is 0 Å². The van der Waals surface area contributed by atoms with Gasteiger partial charge in [0, 0.05) is 25.3 Å². The molecule has 29 heavy (non-hydrogen) atoms. The third-order valence-electron chi connectivity index (χ3n) is 5.09. The first-order valence-electron chi connectivity index (χ1n) is 10.3. The fraction of sp³-hybridized carbons (Fsp3) is 0.458. The maximum absolute atomic E-state index is 12.6. The van der Waals surface area contributed by atoms with Crippen molar-refractivity contribution in [1.82, 2.24) is 4.90 Å². The van der Waals surface area contributed by atoms with Gasteiger partial charge in [-0.2, -0.15) is 0 Å². The Morgan fingerprint density at radius 3 is 2.59 bits per heavy atom. The molecule has 156 valence electrons. The molecule has 0 radical (unpaired) electrons. The average molecular weight is 397 g/mol. The van der Waals surface area contributed by atoms with Gasteiger partial charge in [-0.15, -0.1) is 0 Å². The zero-order valence-electron chi connectivity index (χ0n) is 17.9. The Hall–Kier alpha value is -2.37. The van der Waals surface area contributed by atoms with Crippen LogP contribution >= 0.6 is 0 Å². The summed E-state index contributed by atoms with van der Waals surface area (Å²) in [6, 6.07) is 15.9. The van der Waals surface area contributed by atoms with Gasteiger partial charge in [0.15, 0.2) is 6.10 Å². The summed E-state index contributed by atoms with van der Waals surface area (Å²) in [5.74, 6) is 0.552. The minimum atomic E-state index is -0.590. The van der Waals surface area contributed by atoms with Crippen LogP contribution in [0, 0.1) is 0 Å². The van der Waals surface area contributed by atoms with Crippen molar-refractivity contribution >= 4 is 11.6 Å². The number of morpholine rings is 1. The van der Waals surface area contributed by atoms with Gasteiger partial charge in [0.05, 0.1) is 13.2 Å². The van der Waals surface area contributed by atoms with E-state index in [1.165, 1.54) is 11.1 Å². The second-order valence-corrected chi connectivity index (χ2v) is 8.62. The first kappa shape index (κ1) is 21.3. The van der Waals surface area contributed by atoms with Crippen molar-refractivity contribution in [2.24, 2.45) is 0 Å². The molecular weight excluding hydrogens is 364 g/mol. The number of hydrogen-bond donors (Lipinski definition) is 1. The predicted octanol–water partition coefficient (Wildman–Crippen LogP) is 4.22. The van der Waals surface area contributed by atoms with Gasteiger partial charge in [0.25, 0.3) is 5.91 Å². The van der Waals surface area contributed by atoms with Gasteiger partial charge < -0.3 is 14.8 Å². The number of benzene rings is 2. The maximum Gasteiger partial charge on any atom is 0.265 e. The lowest BCUT2D eigenvalue weighted by Gasteiger charge is -2.26. The molecule has 1 unspecified atom stereocenters. The summed E-state index contributed by atoms with van der Waals surface area (Å²) in [6.45, 7) is 12.5. The Morgan fingerprint density at radius 2 is 1.86 bits per heavy atom. The highest BCUT2D eigenvalue weighted by Crippen LogP contribution is 2.26. The molecule has 0 spiro atoms. The van der Waals surface area contributed by atoms with Crippen LogP contribution in [0.5, 0.6) is 5.75 Å². The van der Waals surface area contributed by atoms with Crippen molar-refractivity contribution in [2.75, 3.05) is 31.6 Å². The molecule has 0 bridgehead atoms. The molecule has 1 saturated heterocycles. The van der Waals surface area contributed by atoms with Crippen LogP contribution in [0.15, 0.2) is 48.5 Å². The minimum Gasteiger partial charge on any atom is -0.481 e. The number of amides is 1. The summed E-state index contributed by atoms with van der Waals surface area (Å²) in [5.41, 5.74) is 3.18. The number of anilines is 1. The highest BCUT2D eigenvalue weighted by Gasteiger charge is 2.18. The lowest BCUT2D eigenvalue weighted by molar-refractivity contribution is -0.122. The van der Waals surface area contributed by atoms with Crippen molar-refractivity contribution in [2.45, 2.75) is 45.8 Å².